The standard InChI is InChI=1S/C32H47N3O4/c1-12-32(10,11)35(29(37)26(20(2)3)34-30(38)39-31(7,8)9)27(24-18-15-17-21(4)23(24)6)28(36)33-25-19-14-13-16-22(25)5/h13-20,26-27H,12H2,1-11H3,(H,33,36)(H,34,38). The molecule has 39 heavy (non-hydrogen) atoms. The zero-order chi connectivity index (χ0) is 29.7. The van der Waals surface area contributed by atoms with E-state index in [0.29, 0.717) is 12.1 Å². The van der Waals surface area contributed by atoms with Gasteiger partial charge in [0.2, 0.25) is 5.91 Å². The number of ether oxygens (including phenoxy) is 1. The van der Waals surface area contributed by atoms with Crippen LogP contribution in [-0.2, 0) is 14.3 Å². The van der Waals surface area contributed by atoms with Crippen LogP contribution in [0.1, 0.15) is 90.1 Å². The van der Waals surface area contributed by atoms with Crippen LogP contribution in [0.15, 0.2) is 42.5 Å². The van der Waals surface area contributed by atoms with Crippen LogP contribution in [0.25, 0.3) is 0 Å². The lowest BCUT2D eigenvalue weighted by Gasteiger charge is -2.45. The minimum absolute atomic E-state index is 0.251. The molecule has 0 saturated carbocycles. The molecule has 0 heterocycles. The number of hydrogen-bond acceptors (Lipinski definition) is 4. The second-order valence-electron chi connectivity index (χ2n) is 12.2. The number of carbonyl (C=O) groups is 3. The van der Waals surface area contributed by atoms with Crippen molar-refractivity contribution in [2.45, 2.75) is 106 Å². The maximum absolute atomic E-state index is 14.5. The first-order valence-electron chi connectivity index (χ1n) is 13.8. The van der Waals surface area contributed by atoms with E-state index in [1.807, 2.05) is 97.9 Å². The largest absolute Gasteiger partial charge is 0.444 e. The molecule has 2 rings (SSSR count). The molecule has 2 aromatic carbocycles. The first-order valence-corrected chi connectivity index (χ1v) is 13.8. The summed E-state index contributed by atoms with van der Waals surface area (Å²) in [5.41, 5.74) is 2.88. The van der Waals surface area contributed by atoms with E-state index in [4.69, 9.17) is 4.74 Å². The Morgan fingerprint density at radius 2 is 1.49 bits per heavy atom. The Hall–Kier alpha value is -3.35. The van der Waals surface area contributed by atoms with Crippen LogP contribution >= 0.6 is 0 Å². The highest BCUT2D eigenvalue weighted by Crippen LogP contribution is 2.36. The summed E-state index contributed by atoms with van der Waals surface area (Å²) in [6.07, 6.45) is -0.0777. The second-order valence-corrected chi connectivity index (χ2v) is 12.2. The maximum Gasteiger partial charge on any atom is 0.408 e. The Balaban J connectivity index is 2.70. The number of carbonyl (C=O) groups excluding carboxylic acids is 3. The van der Waals surface area contributed by atoms with Crippen molar-refractivity contribution in [3.05, 3.63) is 64.7 Å². The van der Waals surface area contributed by atoms with Crippen LogP contribution in [0, 0.1) is 26.7 Å². The van der Waals surface area contributed by atoms with E-state index in [0.717, 1.165) is 22.3 Å². The molecular weight excluding hydrogens is 490 g/mol. The van der Waals surface area contributed by atoms with E-state index < -0.39 is 29.3 Å². The van der Waals surface area contributed by atoms with Gasteiger partial charge >= 0.3 is 6.09 Å². The number of anilines is 1. The summed E-state index contributed by atoms with van der Waals surface area (Å²) >= 11 is 0. The fraction of sp³-hybridized carbons (Fsp3) is 0.531. The Labute approximate surface area is 234 Å². The van der Waals surface area contributed by atoms with Gasteiger partial charge in [-0.1, -0.05) is 57.2 Å². The van der Waals surface area contributed by atoms with Crippen molar-refractivity contribution in [3.63, 3.8) is 0 Å². The van der Waals surface area contributed by atoms with E-state index in [9.17, 15) is 14.4 Å². The van der Waals surface area contributed by atoms with Gasteiger partial charge in [-0.2, -0.15) is 0 Å². The minimum atomic E-state index is -0.936. The molecule has 2 aromatic rings. The molecule has 3 amide bonds. The molecular formula is C32H47N3O4. The van der Waals surface area contributed by atoms with Crippen molar-refractivity contribution in [2.75, 3.05) is 5.32 Å². The average molecular weight is 538 g/mol. The lowest BCUT2D eigenvalue weighted by molar-refractivity contribution is -0.148. The van der Waals surface area contributed by atoms with Crippen molar-refractivity contribution >= 4 is 23.6 Å². The Morgan fingerprint density at radius 1 is 0.897 bits per heavy atom. The zero-order valence-corrected chi connectivity index (χ0v) is 25.6. The molecule has 7 heteroatoms. The van der Waals surface area contributed by atoms with Crippen LogP contribution in [0.3, 0.4) is 0 Å². The summed E-state index contributed by atoms with van der Waals surface area (Å²) in [5, 5.41) is 5.88. The lowest BCUT2D eigenvalue weighted by Crippen LogP contribution is -2.60. The Morgan fingerprint density at radius 3 is 2.03 bits per heavy atom. The average Bonchev–Trinajstić information content (AvgIpc) is 2.82. The van der Waals surface area contributed by atoms with Crippen molar-refractivity contribution in [1.29, 1.82) is 0 Å². The third kappa shape index (κ3) is 8.07. The second kappa shape index (κ2) is 12.7. The third-order valence-corrected chi connectivity index (χ3v) is 7.21. The van der Waals surface area contributed by atoms with Gasteiger partial charge in [0.1, 0.15) is 17.7 Å². The summed E-state index contributed by atoms with van der Waals surface area (Å²) in [5.74, 6) is -0.903. The summed E-state index contributed by atoms with van der Waals surface area (Å²) in [7, 11) is 0. The molecule has 0 saturated heterocycles. The molecule has 0 radical (unpaired) electrons. The summed E-state index contributed by atoms with van der Waals surface area (Å²) in [4.78, 5) is 43.2. The van der Waals surface area contributed by atoms with Crippen molar-refractivity contribution < 1.29 is 19.1 Å². The number of nitrogens with zero attached hydrogens (tertiary/aromatic N) is 1. The van der Waals surface area contributed by atoms with E-state index in [1.54, 1.807) is 25.7 Å². The van der Waals surface area contributed by atoms with Gasteiger partial charge in [0, 0.05) is 11.2 Å². The van der Waals surface area contributed by atoms with Gasteiger partial charge in [0.05, 0.1) is 0 Å². The van der Waals surface area contributed by atoms with Crippen LogP contribution in [0.5, 0.6) is 0 Å². The molecule has 0 aliphatic rings. The lowest BCUT2D eigenvalue weighted by atomic mass is 9.88. The number of amides is 3. The quantitative estimate of drug-likeness (QED) is 0.366. The molecule has 214 valence electrons. The number of alkyl carbamates (subject to hydrolysis) is 1. The molecule has 0 aromatic heterocycles. The third-order valence-electron chi connectivity index (χ3n) is 7.21. The fourth-order valence-electron chi connectivity index (χ4n) is 4.43. The van der Waals surface area contributed by atoms with Gasteiger partial charge < -0.3 is 20.3 Å². The minimum Gasteiger partial charge on any atom is -0.444 e. The molecule has 0 aliphatic heterocycles. The predicted octanol–water partition coefficient (Wildman–Crippen LogP) is 6.86. The highest BCUT2D eigenvalue weighted by atomic mass is 16.6. The number of rotatable bonds is 9. The number of aryl methyl sites for hydroxylation is 2. The predicted molar refractivity (Wildman–Crippen MR) is 158 cm³/mol. The molecule has 2 atom stereocenters. The van der Waals surface area contributed by atoms with Gasteiger partial charge in [-0.3, -0.25) is 9.59 Å². The van der Waals surface area contributed by atoms with Gasteiger partial charge in [-0.25, -0.2) is 4.79 Å². The monoisotopic (exact) mass is 537 g/mol. The van der Waals surface area contributed by atoms with Crippen LogP contribution in [0.4, 0.5) is 10.5 Å². The molecule has 0 spiro atoms. The zero-order valence-electron chi connectivity index (χ0n) is 25.6. The van der Waals surface area contributed by atoms with Gasteiger partial charge in [-0.15, -0.1) is 0 Å². The molecule has 2 N–H and O–H groups in total. The number of nitrogens with one attached hydrogen (secondary N) is 2. The normalized spacial score (nSPS) is 13.4. The first-order chi connectivity index (χ1) is 18.0. The van der Waals surface area contributed by atoms with Crippen LogP contribution in [0.2, 0.25) is 0 Å². The van der Waals surface area contributed by atoms with E-state index >= 15 is 0 Å². The molecule has 7 nitrogen and oxygen atoms in total. The Bertz CT molecular complexity index is 1180. The highest BCUT2D eigenvalue weighted by molar-refractivity contribution is 6.00. The number of para-hydroxylation sites is 1. The SMILES string of the molecule is CCC(C)(C)N(C(=O)C(NC(=O)OC(C)(C)C)C(C)C)C(C(=O)Nc1ccccc1C)c1cccc(C)c1C. The summed E-state index contributed by atoms with van der Waals surface area (Å²) in [6.45, 7) is 20.9. The summed E-state index contributed by atoms with van der Waals surface area (Å²) in [6, 6.07) is 11.5. The van der Waals surface area contributed by atoms with Crippen molar-refractivity contribution in [3.8, 4) is 0 Å². The van der Waals surface area contributed by atoms with Gasteiger partial charge in [0.15, 0.2) is 0 Å². The fourth-order valence-corrected chi connectivity index (χ4v) is 4.43. The van der Waals surface area contributed by atoms with E-state index in [2.05, 4.69) is 10.6 Å². The van der Waals surface area contributed by atoms with E-state index in [1.165, 1.54) is 0 Å². The van der Waals surface area contributed by atoms with Crippen molar-refractivity contribution in [1.82, 2.24) is 10.2 Å². The highest BCUT2D eigenvalue weighted by Gasteiger charge is 2.44. The first kappa shape index (κ1) is 31.9. The Kier molecular flexibility index (Phi) is 10.4. The summed E-state index contributed by atoms with van der Waals surface area (Å²) < 4.78 is 5.48. The van der Waals surface area contributed by atoms with Crippen molar-refractivity contribution in [2.24, 2.45) is 5.92 Å². The number of benzene rings is 2. The van der Waals surface area contributed by atoms with Crippen LogP contribution in [-0.4, -0.2) is 40.0 Å². The number of hydrogen-bond donors (Lipinski definition) is 2. The topological polar surface area (TPSA) is 87.7 Å². The molecule has 0 bridgehead atoms. The van der Waals surface area contributed by atoms with Gasteiger partial charge in [0.25, 0.3) is 5.91 Å². The van der Waals surface area contributed by atoms with Gasteiger partial charge in [-0.05, 0) is 96.0 Å². The van der Waals surface area contributed by atoms with E-state index in [-0.39, 0.29) is 17.7 Å². The smallest absolute Gasteiger partial charge is 0.408 e. The molecule has 2 unspecified atom stereocenters. The maximum atomic E-state index is 14.5. The molecule has 0 fully saturated rings. The molecule has 0 aliphatic carbocycles. The van der Waals surface area contributed by atoms with Crippen LogP contribution < -0.4 is 10.6 Å².